The molecule has 0 fully saturated rings. The summed E-state index contributed by atoms with van der Waals surface area (Å²) in [6.07, 6.45) is 7.19. The van der Waals surface area contributed by atoms with E-state index in [2.05, 4.69) is 10.3 Å². The van der Waals surface area contributed by atoms with E-state index >= 15 is 0 Å². The van der Waals surface area contributed by atoms with Crippen LogP contribution in [0.1, 0.15) is 40.1 Å². The molecule has 5 heteroatoms. The Bertz CT molecular complexity index is 999. The lowest BCUT2D eigenvalue weighted by molar-refractivity contribution is 0.0940. The summed E-state index contributed by atoms with van der Waals surface area (Å²) < 4.78 is 1.48. The average Bonchev–Trinajstić information content (AvgIpc) is 2.98. The molecule has 126 valence electrons. The van der Waals surface area contributed by atoms with Crippen LogP contribution in [0.2, 0.25) is 0 Å². The third kappa shape index (κ3) is 3.35. The highest BCUT2D eigenvalue weighted by atomic mass is 16.2. The predicted molar refractivity (Wildman–Crippen MR) is 99.9 cm³/mol. The van der Waals surface area contributed by atoms with E-state index in [-0.39, 0.29) is 11.8 Å². The fourth-order valence-electron chi connectivity index (χ4n) is 2.78. The summed E-state index contributed by atoms with van der Waals surface area (Å²) in [4.78, 5) is 28.4. The van der Waals surface area contributed by atoms with E-state index in [4.69, 9.17) is 0 Å². The maximum atomic E-state index is 12.5. The van der Waals surface area contributed by atoms with Gasteiger partial charge in [0.25, 0.3) is 5.91 Å². The molecule has 0 bridgehead atoms. The van der Waals surface area contributed by atoms with E-state index in [1.54, 1.807) is 18.5 Å². The summed E-state index contributed by atoms with van der Waals surface area (Å²) in [5.41, 5.74) is 3.76. The maximum absolute atomic E-state index is 12.5. The van der Waals surface area contributed by atoms with E-state index < -0.39 is 0 Å². The molecule has 3 aromatic rings. The lowest BCUT2D eigenvalue weighted by Crippen LogP contribution is -2.13. The first kappa shape index (κ1) is 16.6. The van der Waals surface area contributed by atoms with Crippen molar-refractivity contribution in [3.05, 3.63) is 65.5 Å². The van der Waals surface area contributed by atoms with Crippen LogP contribution in [0.4, 0.5) is 5.69 Å². The molecule has 0 aliphatic carbocycles. The van der Waals surface area contributed by atoms with E-state index in [0.717, 1.165) is 16.5 Å². The third-order valence-electron chi connectivity index (χ3n) is 3.98. The van der Waals surface area contributed by atoms with Gasteiger partial charge in [-0.1, -0.05) is 24.3 Å². The minimum Gasteiger partial charge on any atom is -0.321 e. The molecule has 0 atom stereocenters. The molecule has 2 heterocycles. The lowest BCUT2D eigenvalue weighted by Gasteiger charge is -2.09. The average molecular weight is 333 g/mol. The largest absolute Gasteiger partial charge is 0.321 e. The summed E-state index contributed by atoms with van der Waals surface area (Å²) >= 11 is 0. The molecule has 0 radical (unpaired) electrons. The minimum absolute atomic E-state index is 0.101. The Morgan fingerprint density at radius 2 is 2.00 bits per heavy atom. The fraction of sp³-hybridized carbons (Fsp3) is 0.150. The van der Waals surface area contributed by atoms with Crippen LogP contribution in [0.5, 0.6) is 0 Å². The van der Waals surface area contributed by atoms with Crippen LogP contribution in [0, 0.1) is 6.92 Å². The number of pyridine rings is 1. The van der Waals surface area contributed by atoms with Gasteiger partial charge in [-0.05, 0) is 43.2 Å². The van der Waals surface area contributed by atoms with Gasteiger partial charge in [-0.25, -0.2) is 4.98 Å². The molecule has 2 aromatic heterocycles. The van der Waals surface area contributed by atoms with E-state index in [9.17, 15) is 9.59 Å². The van der Waals surface area contributed by atoms with Crippen molar-refractivity contribution in [2.24, 2.45) is 0 Å². The Morgan fingerprint density at radius 3 is 2.68 bits per heavy atom. The number of benzene rings is 1. The van der Waals surface area contributed by atoms with Crippen LogP contribution in [0.15, 0.2) is 48.8 Å². The van der Waals surface area contributed by atoms with Crippen molar-refractivity contribution in [2.45, 2.75) is 20.8 Å². The smallest absolute Gasteiger partial charge is 0.255 e. The first-order valence-electron chi connectivity index (χ1n) is 8.02. The van der Waals surface area contributed by atoms with Gasteiger partial charge in [-0.3, -0.25) is 14.2 Å². The van der Waals surface area contributed by atoms with Crippen LogP contribution in [0.25, 0.3) is 17.1 Å². The molecule has 0 unspecified atom stereocenters. The van der Waals surface area contributed by atoms with Gasteiger partial charge in [0.2, 0.25) is 5.91 Å². The predicted octanol–water partition coefficient (Wildman–Crippen LogP) is 4.29. The molecule has 1 aromatic carbocycles. The zero-order chi connectivity index (χ0) is 18.0. The second-order valence-corrected chi connectivity index (χ2v) is 5.87. The van der Waals surface area contributed by atoms with Gasteiger partial charge in [-0.15, -0.1) is 0 Å². The quantitative estimate of drug-likeness (QED) is 0.777. The van der Waals surface area contributed by atoms with Gasteiger partial charge < -0.3 is 5.32 Å². The summed E-state index contributed by atoms with van der Waals surface area (Å²) in [5, 5.41) is 3.67. The van der Waals surface area contributed by atoms with Crippen LogP contribution < -0.4 is 5.32 Å². The number of hydrogen-bond acceptors (Lipinski definition) is 3. The number of anilines is 1. The number of amides is 1. The second kappa shape index (κ2) is 6.73. The molecule has 3 rings (SSSR count). The Balaban J connectivity index is 1.85. The van der Waals surface area contributed by atoms with Gasteiger partial charge >= 0.3 is 0 Å². The van der Waals surface area contributed by atoms with Gasteiger partial charge in [-0.2, -0.15) is 0 Å². The van der Waals surface area contributed by atoms with Crippen LogP contribution in [-0.4, -0.2) is 21.4 Å². The standard InChI is InChI=1S/C20H19N3O2/c1-4-5-15-6-7-18(13(2)10-15)20(25)22-17-11-16-8-9-23(14(3)24)19(16)21-12-17/h4-12H,1-3H3,(H,22,25)/b5-4+. The zero-order valence-electron chi connectivity index (χ0n) is 14.4. The van der Waals surface area contributed by atoms with Gasteiger partial charge in [0.05, 0.1) is 11.9 Å². The van der Waals surface area contributed by atoms with E-state index in [0.29, 0.717) is 16.9 Å². The highest BCUT2D eigenvalue weighted by molar-refractivity contribution is 6.06. The molecule has 0 aliphatic heterocycles. The van der Waals surface area contributed by atoms with Crippen molar-refractivity contribution >= 4 is 34.6 Å². The summed E-state index contributed by atoms with van der Waals surface area (Å²) in [6.45, 7) is 5.35. The first-order chi connectivity index (χ1) is 12.0. The van der Waals surface area contributed by atoms with E-state index in [1.807, 2.05) is 50.3 Å². The zero-order valence-corrected chi connectivity index (χ0v) is 14.4. The number of nitrogens with one attached hydrogen (secondary N) is 1. The molecule has 0 saturated carbocycles. The van der Waals surface area contributed by atoms with Crippen LogP contribution in [0.3, 0.4) is 0 Å². The summed E-state index contributed by atoms with van der Waals surface area (Å²) in [7, 11) is 0. The number of nitrogens with zero attached hydrogens (tertiary/aromatic N) is 2. The summed E-state index contributed by atoms with van der Waals surface area (Å²) in [6, 6.07) is 9.32. The molecule has 0 spiro atoms. The number of rotatable bonds is 3. The van der Waals surface area contributed by atoms with Gasteiger partial charge in [0.15, 0.2) is 0 Å². The van der Waals surface area contributed by atoms with Crippen molar-refractivity contribution in [2.75, 3.05) is 5.32 Å². The second-order valence-electron chi connectivity index (χ2n) is 5.87. The Hall–Kier alpha value is -3.21. The van der Waals surface area contributed by atoms with Crippen LogP contribution >= 0.6 is 0 Å². The first-order valence-corrected chi connectivity index (χ1v) is 8.02. The molecule has 5 nitrogen and oxygen atoms in total. The van der Waals surface area contributed by atoms with Crippen molar-refractivity contribution < 1.29 is 9.59 Å². The normalized spacial score (nSPS) is 11.2. The fourth-order valence-corrected chi connectivity index (χ4v) is 2.78. The Morgan fingerprint density at radius 1 is 1.20 bits per heavy atom. The highest BCUT2D eigenvalue weighted by Gasteiger charge is 2.11. The number of allylic oxidation sites excluding steroid dienone is 1. The number of aromatic nitrogens is 2. The van der Waals surface area contributed by atoms with Gasteiger partial charge in [0.1, 0.15) is 5.65 Å². The summed E-state index contributed by atoms with van der Waals surface area (Å²) in [5.74, 6) is -0.284. The lowest BCUT2D eigenvalue weighted by atomic mass is 10.0. The van der Waals surface area contributed by atoms with E-state index in [1.165, 1.54) is 11.5 Å². The molecule has 1 N–H and O–H groups in total. The number of fused-ring (bicyclic) bond motifs is 1. The maximum Gasteiger partial charge on any atom is 0.255 e. The molecular formula is C20H19N3O2. The molecule has 1 amide bonds. The monoisotopic (exact) mass is 333 g/mol. The van der Waals surface area contributed by atoms with Crippen LogP contribution in [-0.2, 0) is 0 Å². The molecule has 25 heavy (non-hydrogen) atoms. The number of hydrogen-bond donors (Lipinski definition) is 1. The van der Waals surface area contributed by atoms with Crippen molar-refractivity contribution in [1.29, 1.82) is 0 Å². The topological polar surface area (TPSA) is 64.0 Å². The minimum atomic E-state index is -0.184. The van der Waals surface area contributed by atoms with Crippen molar-refractivity contribution in [3.63, 3.8) is 0 Å². The third-order valence-corrected chi connectivity index (χ3v) is 3.98. The number of carbonyl (C=O) groups is 2. The molecule has 0 saturated heterocycles. The molecular weight excluding hydrogens is 314 g/mol. The van der Waals surface area contributed by atoms with Crippen molar-refractivity contribution in [3.8, 4) is 0 Å². The number of carbonyl (C=O) groups excluding carboxylic acids is 2. The Labute approximate surface area is 146 Å². The van der Waals surface area contributed by atoms with Crippen molar-refractivity contribution in [1.82, 2.24) is 9.55 Å². The SMILES string of the molecule is C/C=C/c1ccc(C(=O)Nc2cnc3c(ccn3C(C)=O)c2)c(C)c1. The molecule has 0 aliphatic rings. The highest BCUT2D eigenvalue weighted by Crippen LogP contribution is 2.19. The van der Waals surface area contributed by atoms with Gasteiger partial charge in [0, 0.05) is 24.1 Å². The Kier molecular flexibility index (Phi) is 4.48. The number of aryl methyl sites for hydroxylation is 1.